The monoisotopic (exact) mass is 331 g/mol. The van der Waals surface area contributed by atoms with E-state index in [9.17, 15) is 13.2 Å². The lowest BCUT2D eigenvalue weighted by atomic mass is 10.2. The van der Waals surface area contributed by atoms with Gasteiger partial charge in [0.15, 0.2) is 9.84 Å². The van der Waals surface area contributed by atoms with E-state index in [1.807, 2.05) is 13.0 Å². The highest BCUT2D eigenvalue weighted by molar-refractivity contribution is 9.10. The Morgan fingerprint density at radius 3 is 2.72 bits per heavy atom. The van der Waals surface area contributed by atoms with Crippen molar-refractivity contribution in [2.24, 2.45) is 0 Å². The Bertz CT molecular complexity index is 567. The first-order valence-electron chi connectivity index (χ1n) is 5.21. The molecule has 0 heterocycles. The molecule has 0 aliphatic heterocycles. The first-order chi connectivity index (χ1) is 8.34. The number of anilines is 1. The summed E-state index contributed by atoms with van der Waals surface area (Å²) in [6.45, 7) is 5.18. The van der Waals surface area contributed by atoms with Crippen molar-refractivity contribution in [2.75, 3.05) is 16.8 Å². The van der Waals surface area contributed by atoms with Crippen LogP contribution in [0.5, 0.6) is 0 Å². The summed E-state index contributed by atoms with van der Waals surface area (Å²) >= 11 is 3.31. The smallest absolute Gasteiger partial charge is 0.239 e. The molecule has 0 radical (unpaired) electrons. The van der Waals surface area contributed by atoms with E-state index < -0.39 is 21.5 Å². The SMILES string of the molecule is C=CCS(=O)(=O)CC(=O)Nc1ccc(Br)cc1C. The molecule has 0 spiro atoms. The zero-order chi connectivity index (χ0) is 13.8. The van der Waals surface area contributed by atoms with E-state index in [1.165, 1.54) is 6.08 Å². The van der Waals surface area contributed by atoms with Gasteiger partial charge in [-0.05, 0) is 30.7 Å². The number of hydrogen-bond acceptors (Lipinski definition) is 3. The van der Waals surface area contributed by atoms with Crippen LogP contribution in [0.25, 0.3) is 0 Å². The summed E-state index contributed by atoms with van der Waals surface area (Å²) in [5.41, 5.74) is 1.47. The molecular formula is C12H14BrNO3S. The number of rotatable bonds is 5. The van der Waals surface area contributed by atoms with Gasteiger partial charge in [-0.25, -0.2) is 8.42 Å². The number of halogens is 1. The third-order valence-electron chi connectivity index (χ3n) is 2.19. The molecule has 1 rings (SSSR count). The maximum atomic E-state index is 11.6. The molecule has 0 aliphatic carbocycles. The predicted molar refractivity (Wildman–Crippen MR) is 76.4 cm³/mol. The summed E-state index contributed by atoms with van der Waals surface area (Å²) in [4.78, 5) is 11.6. The van der Waals surface area contributed by atoms with Crippen molar-refractivity contribution in [3.63, 3.8) is 0 Å². The first kappa shape index (κ1) is 14.9. The number of carbonyl (C=O) groups excluding carboxylic acids is 1. The molecule has 18 heavy (non-hydrogen) atoms. The number of benzene rings is 1. The zero-order valence-electron chi connectivity index (χ0n) is 9.94. The van der Waals surface area contributed by atoms with Gasteiger partial charge in [-0.1, -0.05) is 22.0 Å². The fraction of sp³-hybridized carbons (Fsp3) is 0.250. The molecule has 98 valence electrons. The molecule has 0 saturated heterocycles. The second-order valence-corrected chi connectivity index (χ2v) is 6.88. The van der Waals surface area contributed by atoms with E-state index in [1.54, 1.807) is 12.1 Å². The topological polar surface area (TPSA) is 63.2 Å². The second kappa shape index (κ2) is 6.15. The van der Waals surface area contributed by atoms with Crippen molar-refractivity contribution < 1.29 is 13.2 Å². The molecule has 4 nitrogen and oxygen atoms in total. The van der Waals surface area contributed by atoms with Crippen molar-refractivity contribution in [3.8, 4) is 0 Å². The Labute approximate surface area is 115 Å². The normalized spacial score (nSPS) is 11.0. The van der Waals surface area contributed by atoms with Gasteiger partial charge in [0.1, 0.15) is 5.75 Å². The molecule has 1 amide bonds. The first-order valence-corrected chi connectivity index (χ1v) is 7.83. The number of nitrogens with one attached hydrogen (secondary N) is 1. The van der Waals surface area contributed by atoms with Gasteiger partial charge in [0.25, 0.3) is 0 Å². The highest BCUT2D eigenvalue weighted by Gasteiger charge is 2.15. The van der Waals surface area contributed by atoms with Crippen LogP contribution in [-0.2, 0) is 14.6 Å². The van der Waals surface area contributed by atoms with E-state index >= 15 is 0 Å². The van der Waals surface area contributed by atoms with Gasteiger partial charge in [-0.3, -0.25) is 4.79 Å². The van der Waals surface area contributed by atoms with Crippen LogP contribution in [-0.4, -0.2) is 25.8 Å². The number of aryl methyl sites for hydroxylation is 1. The molecule has 0 aliphatic rings. The van der Waals surface area contributed by atoms with E-state index in [2.05, 4.69) is 27.8 Å². The lowest BCUT2D eigenvalue weighted by Gasteiger charge is -2.08. The summed E-state index contributed by atoms with van der Waals surface area (Å²) in [5.74, 6) is -1.27. The van der Waals surface area contributed by atoms with Crippen molar-refractivity contribution in [3.05, 3.63) is 40.9 Å². The van der Waals surface area contributed by atoms with Gasteiger partial charge in [0, 0.05) is 10.2 Å². The number of sulfone groups is 1. The molecule has 1 aromatic carbocycles. The number of hydrogen-bond donors (Lipinski definition) is 1. The average Bonchev–Trinajstić information content (AvgIpc) is 2.21. The van der Waals surface area contributed by atoms with Gasteiger partial charge < -0.3 is 5.32 Å². The Morgan fingerprint density at radius 2 is 2.17 bits per heavy atom. The Hall–Kier alpha value is -1.14. The molecule has 6 heteroatoms. The van der Waals surface area contributed by atoms with Crippen LogP contribution in [0.15, 0.2) is 35.3 Å². The number of amides is 1. The Kier molecular flexibility index (Phi) is 5.10. The standard InChI is InChI=1S/C12H14BrNO3S/c1-3-6-18(16,17)8-12(15)14-11-5-4-10(13)7-9(11)2/h3-5,7H,1,6,8H2,2H3,(H,14,15). The lowest BCUT2D eigenvalue weighted by Crippen LogP contribution is -2.24. The highest BCUT2D eigenvalue weighted by atomic mass is 79.9. The van der Waals surface area contributed by atoms with Gasteiger partial charge in [0.05, 0.1) is 5.75 Å². The van der Waals surface area contributed by atoms with Gasteiger partial charge >= 0.3 is 0 Å². The molecule has 1 aromatic rings. The van der Waals surface area contributed by atoms with Crippen LogP contribution in [0, 0.1) is 6.92 Å². The second-order valence-electron chi connectivity index (χ2n) is 3.85. The fourth-order valence-corrected chi connectivity index (χ4v) is 2.82. The van der Waals surface area contributed by atoms with Gasteiger partial charge in [-0.2, -0.15) is 0 Å². The highest BCUT2D eigenvalue weighted by Crippen LogP contribution is 2.19. The minimum Gasteiger partial charge on any atom is -0.325 e. The molecular weight excluding hydrogens is 318 g/mol. The van der Waals surface area contributed by atoms with E-state index in [0.29, 0.717) is 5.69 Å². The third-order valence-corrected chi connectivity index (χ3v) is 4.12. The van der Waals surface area contributed by atoms with Crippen LogP contribution in [0.1, 0.15) is 5.56 Å². The molecule has 1 N–H and O–H groups in total. The molecule has 0 unspecified atom stereocenters. The number of carbonyl (C=O) groups is 1. The van der Waals surface area contributed by atoms with Crippen molar-refractivity contribution >= 4 is 37.4 Å². The maximum absolute atomic E-state index is 11.6. The largest absolute Gasteiger partial charge is 0.325 e. The summed E-state index contributed by atoms with van der Waals surface area (Å²) in [6, 6.07) is 5.34. The molecule has 0 fully saturated rings. The summed E-state index contributed by atoms with van der Waals surface area (Å²) in [5, 5.41) is 2.58. The molecule has 0 saturated carbocycles. The molecule has 0 atom stereocenters. The fourth-order valence-electron chi connectivity index (χ4n) is 1.39. The summed E-state index contributed by atoms with van der Waals surface area (Å²) < 4.78 is 23.8. The van der Waals surface area contributed by atoms with Crippen LogP contribution in [0.3, 0.4) is 0 Å². The van der Waals surface area contributed by atoms with Crippen molar-refractivity contribution in [1.29, 1.82) is 0 Å². The van der Waals surface area contributed by atoms with Crippen LogP contribution in [0.2, 0.25) is 0 Å². The molecule has 0 aromatic heterocycles. The zero-order valence-corrected chi connectivity index (χ0v) is 12.3. The van der Waals surface area contributed by atoms with Crippen molar-refractivity contribution in [1.82, 2.24) is 0 Å². The third kappa shape index (κ3) is 4.62. The minimum atomic E-state index is -3.41. The van der Waals surface area contributed by atoms with E-state index in [4.69, 9.17) is 0 Å². The maximum Gasteiger partial charge on any atom is 0.239 e. The van der Waals surface area contributed by atoms with Crippen molar-refractivity contribution in [2.45, 2.75) is 6.92 Å². The van der Waals surface area contributed by atoms with Gasteiger partial charge in [-0.15, -0.1) is 6.58 Å². The van der Waals surface area contributed by atoms with Crippen LogP contribution >= 0.6 is 15.9 Å². The van der Waals surface area contributed by atoms with Crippen LogP contribution in [0.4, 0.5) is 5.69 Å². The van der Waals surface area contributed by atoms with E-state index in [-0.39, 0.29) is 5.75 Å². The van der Waals surface area contributed by atoms with E-state index in [0.717, 1.165) is 10.0 Å². The van der Waals surface area contributed by atoms with Crippen LogP contribution < -0.4 is 5.32 Å². The Balaban J connectivity index is 2.74. The average molecular weight is 332 g/mol. The molecule has 0 bridgehead atoms. The lowest BCUT2D eigenvalue weighted by molar-refractivity contribution is -0.113. The Morgan fingerprint density at radius 1 is 1.50 bits per heavy atom. The summed E-state index contributed by atoms with van der Waals surface area (Å²) in [7, 11) is -3.41. The summed E-state index contributed by atoms with van der Waals surface area (Å²) in [6.07, 6.45) is 1.27. The van der Waals surface area contributed by atoms with Gasteiger partial charge in [0.2, 0.25) is 5.91 Å². The minimum absolute atomic E-state index is 0.195. The quantitative estimate of drug-likeness (QED) is 0.842. The predicted octanol–water partition coefficient (Wildman–Crippen LogP) is 2.30.